The fourth-order valence-electron chi connectivity index (χ4n) is 1.42. The quantitative estimate of drug-likeness (QED) is 0.729. The highest BCUT2D eigenvalue weighted by Gasteiger charge is 2.19. The third kappa shape index (κ3) is 6.09. The highest BCUT2D eigenvalue weighted by molar-refractivity contribution is 7.93. The number of sulfonamides is 1. The van der Waals surface area contributed by atoms with Crippen molar-refractivity contribution < 1.29 is 23.1 Å². The smallest absolute Gasteiger partial charge is 0.329 e. The normalized spacial score (nSPS) is 12.8. The van der Waals surface area contributed by atoms with Gasteiger partial charge < -0.3 is 10.4 Å². The number of rotatable bonds is 6. The third-order valence-corrected chi connectivity index (χ3v) is 3.45. The lowest BCUT2D eigenvalue weighted by Gasteiger charge is -2.12. The number of carboxylic acids is 1. The van der Waals surface area contributed by atoms with Gasteiger partial charge in [-0.25, -0.2) is 22.7 Å². The molecule has 1 unspecified atom stereocenters. The lowest BCUT2D eigenvalue weighted by atomic mass is 10.2. The predicted molar refractivity (Wildman–Crippen MR) is 77.8 cm³/mol. The van der Waals surface area contributed by atoms with E-state index < -0.39 is 28.1 Å². The number of nitrogens with one attached hydrogen (secondary N) is 2. The van der Waals surface area contributed by atoms with Crippen molar-refractivity contribution in [1.29, 1.82) is 0 Å². The van der Waals surface area contributed by atoms with Crippen LogP contribution in [0.5, 0.6) is 0 Å². The van der Waals surface area contributed by atoms with E-state index in [-0.39, 0.29) is 6.42 Å². The molecule has 0 saturated carbocycles. The Morgan fingerprint density at radius 2 is 1.90 bits per heavy atom. The van der Waals surface area contributed by atoms with Crippen molar-refractivity contribution >= 4 is 28.1 Å². The van der Waals surface area contributed by atoms with Gasteiger partial charge >= 0.3 is 12.0 Å². The maximum absolute atomic E-state index is 11.6. The Labute approximate surface area is 122 Å². The molecule has 2 amide bonds. The van der Waals surface area contributed by atoms with Crippen LogP contribution in [0.4, 0.5) is 4.79 Å². The van der Waals surface area contributed by atoms with Crippen molar-refractivity contribution in [2.45, 2.75) is 19.4 Å². The van der Waals surface area contributed by atoms with E-state index in [0.717, 1.165) is 5.41 Å². The largest absolute Gasteiger partial charge is 0.480 e. The lowest BCUT2D eigenvalue weighted by molar-refractivity contribution is -0.139. The Balaban J connectivity index is 2.66. The van der Waals surface area contributed by atoms with Crippen LogP contribution in [-0.4, -0.2) is 31.6 Å². The molecule has 0 fully saturated rings. The van der Waals surface area contributed by atoms with Crippen molar-refractivity contribution in [3.05, 3.63) is 41.3 Å². The Kier molecular flexibility index (Phi) is 5.92. The molecular formula is C13H16N2O5S. The highest BCUT2D eigenvalue weighted by Crippen LogP contribution is 2.02. The zero-order valence-electron chi connectivity index (χ0n) is 11.3. The molecule has 0 radical (unpaired) electrons. The van der Waals surface area contributed by atoms with Crippen LogP contribution in [0.1, 0.15) is 18.9 Å². The number of hydrogen-bond acceptors (Lipinski definition) is 4. The van der Waals surface area contributed by atoms with Gasteiger partial charge in [0.15, 0.2) is 0 Å². The van der Waals surface area contributed by atoms with Gasteiger partial charge in [0.1, 0.15) is 6.04 Å². The minimum atomic E-state index is -3.99. The topological polar surface area (TPSA) is 113 Å². The summed E-state index contributed by atoms with van der Waals surface area (Å²) in [6.07, 6.45) is 1.47. The number of hydrogen-bond donors (Lipinski definition) is 3. The lowest BCUT2D eigenvalue weighted by Crippen LogP contribution is -2.46. The van der Waals surface area contributed by atoms with Gasteiger partial charge in [-0.15, -0.1) is 0 Å². The van der Waals surface area contributed by atoms with E-state index >= 15 is 0 Å². The molecule has 1 rings (SSSR count). The summed E-state index contributed by atoms with van der Waals surface area (Å²) < 4.78 is 25.0. The van der Waals surface area contributed by atoms with Crippen molar-refractivity contribution in [3.8, 4) is 0 Å². The maximum Gasteiger partial charge on any atom is 0.329 e. The van der Waals surface area contributed by atoms with Crippen LogP contribution >= 0.6 is 0 Å². The van der Waals surface area contributed by atoms with Gasteiger partial charge in [0.25, 0.3) is 10.0 Å². The number of urea groups is 1. The molecule has 7 nitrogen and oxygen atoms in total. The van der Waals surface area contributed by atoms with E-state index in [9.17, 15) is 18.0 Å². The second-order valence-corrected chi connectivity index (χ2v) is 5.70. The van der Waals surface area contributed by atoms with Crippen molar-refractivity contribution in [2.24, 2.45) is 0 Å². The van der Waals surface area contributed by atoms with Crippen LogP contribution < -0.4 is 10.0 Å². The summed E-state index contributed by atoms with van der Waals surface area (Å²) in [6.45, 7) is 1.56. The summed E-state index contributed by atoms with van der Waals surface area (Å²) >= 11 is 0. The molecule has 1 aromatic rings. The fraction of sp³-hybridized carbons (Fsp3) is 0.231. The molecule has 0 spiro atoms. The molecule has 3 N–H and O–H groups in total. The van der Waals surface area contributed by atoms with E-state index in [4.69, 9.17) is 5.11 Å². The van der Waals surface area contributed by atoms with E-state index in [2.05, 4.69) is 5.32 Å². The number of carbonyl (C=O) groups excluding carboxylic acids is 1. The van der Waals surface area contributed by atoms with Crippen LogP contribution in [0.15, 0.2) is 35.7 Å². The Morgan fingerprint density at radius 3 is 2.43 bits per heavy atom. The molecule has 8 heteroatoms. The SMILES string of the molecule is CCC(NC(=O)NS(=O)(=O)C=Cc1ccccc1)C(=O)O. The first-order valence-electron chi connectivity index (χ1n) is 6.13. The molecule has 1 atom stereocenters. The second-order valence-electron chi connectivity index (χ2n) is 4.13. The third-order valence-electron chi connectivity index (χ3n) is 2.49. The average molecular weight is 312 g/mol. The molecule has 0 aliphatic heterocycles. The van der Waals surface area contributed by atoms with Gasteiger partial charge in [-0.1, -0.05) is 37.3 Å². The van der Waals surface area contributed by atoms with Gasteiger partial charge in [-0.3, -0.25) is 0 Å². The van der Waals surface area contributed by atoms with Crippen molar-refractivity contribution in [1.82, 2.24) is 10.0 Å². The molecule has 0 heterocycles. The number of amides is 2. The first kappa shape index (κ1) is 16.7. The number of aliphatic carboxylic acids is 1. The van der Waals surface area contributed by atoms with Gasteiger partial charge in [-0.05, 0) is 18.1 Å². The van der Waals surface area contributed by atoms with Crippen LogP contribution in [0.2, 0.25) is 0 Å². The van der Waals surface area contributed by atoms with Crippen LogP contribution in [0.25, 0.3) is 6.08 Å². The van der Waals surface area contributed by atoms with E-state index in [1.54, 1.807) is 42.0 Å². The second kappa shape index (κ2) is 7.44. The minimum absolute atomic E-state index is 0.142. The monoisotopic (exact) mass is 312 g/mol. The summed E-state index contributed by atoms with van der Waals surface area (Å²) in [6, 6.07) is 6.44. The molecule has 0 aliphatic rings. The number of carbonyl (C=O) groups is 2. The van der Waals surface area contributed by atoms with E-state index in [1.165, 1.54) is 6.08 Å². The molecular weight excluding hydrogens is 296 g/mol. The molecule has 1 aromatic carbocycles. The highest BCUT2D eigenvalue weighted by atomic mass is 32.2. The summed E-state index contributed by atoms with van der Waals surface area (Å²) in [5.41, 5.74) is 0.653. The molecule has 21 heavy (non-hydrogen) atoms. The van der Waals surface area contributed by atoms with Gasteiger partial charge in [-0.2, -0.15) is 0 Å². The molecule has 0 aliphatic carbocycles. The standard InChI is InChI=1S/C13H16N2O5S/c1-2-11(12(16)17)14-13(18)15-21(19,20)9-8-10-6-4-3-5-7-10/h3-9,11H,2H2,1H3,(H,16,17)(H2,14,15,18). The zero-order chi connectivity index (χ0) is 15.9. The summed E-state index contributed by atoms with van der Waals surface area (Å²) in [5, 5.41) is 11.7. The summed E-state index contributed by atoms with van der Waals surface area (Å²) in [5.74, 6) is -1.23. The van der Waals surface area contributed by atoms with Crippen LogP contribution in [-0.2, 0) is 14.8 Å². The Hall–Kier alpha value is -2.35. The van der Waals surface area contributed by atoms with E-state index in [0.29, 0.717) is 5.56 Å². The number of carboxylic acid groups (broad SMARTS) is 1. The first-order chi connectivity index (χ1) is 9.84. The van der Waals surface area contributed by atoms with Crippen LogP contribution in [0.3, 0.4) is 0 Å². The Morgan fingerprint density at radius 1 is 1.29 bits per heavy atom. The minimum Gasteiger partial charge on any atom is -0.480 e. The predicted octanol–water partition coefficient (Wildman–Crippen LogP) is 1.15. The van der Waals surface area contributed by atoms with Crippen molar-refractivity contribution in [2.75, 3.05) is 0 Å². The molecule has 0 aromatic heterocycles. The van der Waals surface area contributed by atoms with Crippen LogP contribution in [0, 0.1) is 0 Å². The number of benzene rings is 1. The summed E-state index contributed by atoms with van der Waals surface area (Å²) in [7, 11) is -3.99. The maximum atomic E-state index is 11.6. The van der Waals surface area contributed by atoms with Gasteiger partial charge in [0.05, 0.1) is 5.41 Å². The molecule has 0 saturated heterocycles. The van der Waals surface area contributed by atoms with Gasteiger partial charge in [0.2, 0.25) is 0 Å². The molecule has 114 valence electrons. The zero-order valence-corrected chi connectivity index (χ0v) is 12.1. The van der Waals surface area contributed by atoms with E-state index in [1.807, 2.05) is 0 Å². The van der Waals surface area contributed by atoms with Crippen molar-refractivity contribution in [3.63, 3.8) is 0 Å². The average Bonchev–Trinajstić information content (AvgIpc) is 2.43. The Bertz CT molecular complexity index is 625. The fourth-order valence-corrected chi connectivity index (χ4v) is 2.14. The van der Waals surface area contributed by atoms with Gasteiger partial charge in [0, 0.05) is 0 Å². The molecule has 0 bridgehead atoms. The summed E-state index contributed by atoms with van der Waals surface area (Å²) in [4.78, 5) is 22.2. The first-order valence-corrected chi connectivity index (χ1v) is 7.68.